The first-order valence-electron chi connectivity index (χ1n) is 10.1. The van der Waals surface area contributed by atoms with Gasteiger partial charge in [-0.1, -0.05) is 32.9 Å². The standard InChI is InChI=1S/C24H35NO2/c1-6-15-26-22-12-10-21(11-13-22)25-18-24(4,5)14-7-16-27-23-17-19(2)8-9-20(23)3/h8-13,17,25H,6-7,14-16,18H2,1-5H3. The monoisotopic (exact) mass is 369 g/mol. The Morgan fingerprint density at radius 3 is 2.37 bits per heavy atom. The summed E-state index contributed by atoms with van der Waals surface area (Å²) >= 11 is 0. The van der Waals surface area contributed by atoms with E-state index >= 15 is 0 Å². The molecule has 0 aromatic heterocycles. The molecule has 2 rings (SSSR count). The number of hydrogen-bond donors (Lipinski definition) is 1. The third-order valence-electron chi connectivity index (χ3n) is 4.70. The second-order valence-corrected chi connectivity index (χ2v) is 8.11. The summed E-state index contributed by atoms with van der Waals surface area (Å²) in [4.78, 5) is 0. The normalized spacial score (nSPS) is 11.3. The summed E-state index contributed by atoms with van der Waals surface area (Å²) in [5.74, 6) is 1.95. The summed E-state index contributed by atoms with van der Waals surface area (Å²) in [5.41, 5.74) is 3.79. The summed E-state index contributed by atoms with van der Waals surface area (Å²) in [6, 6.07) is 14.6. The molecule has 0 spiro atoms. The van der Waals surface area contributed by atoms with Crippen molar-refractivity contribution in [1.29, 1.82) is 0 Å². The third-order valence-corrected chi connectivity index (χ3v) is 4.70. The number of ether oxygens (including phenoxy) is 2. The van der Waals surface area contributed by atoms with Gasteiger partial charge in [-0.3, -0.25) is 0 Å². The van der Waals surface area contributed by atoms with Gasteiger partial charge in [-0.15, -0.1) is 0 Å². The topological polar surface area (TPSA) is 30.5 Å². The molecule has 27 heavy (non-hydrogen) atoms. The Hall–Kier alpha value is -2.16. The fraction of sp³-hybridized carbons (Fsp3) is 0.500. The molecule has 0 aliphatic carbocycles. The van der Waals surface area contributed by atoms with Crippen molar-refractivity contribution in [1.82, 2.24) is 0 Å². The van der Waals surface area contributed by atoms with E-state index in [1.54, 1.807) is 0 Å². The van der Waals surface area contributed by atoms with Gasteiger partial charge < -0.3 is 14.8 Å². The zero-order valence-corrected chi connectivity index (χ0v) is 17.6. The molecule has 1 N–H and O–H groups in total. The molecule has 0 fully saturated rings. The van der Waals surface area contributed by atoms with Crippen LogP contribution in [0.4, 0.5) is 5.69 Å². The molecule has 0 atom stereocenters. The van der Waals surface area contributed by atoms with Crippen LogP contribution >= 0.6 is 0 Å². The maximum Gasteiger partial charge on any atom is 0.122 e. The van der Waals surface area contributed by atoms with Crippen LogP contribution in [0, 0.1) is 19.3 Å². The summed E-state index contributed by atoms with van der Waals surface area (Å²) in [6.45, 7) is 13.4. The molecule has 3 heteroatoms. The van der Waals surface area contributed by atoms with Gasteiger partial charge in [-0.2, -0.15) is 0 Å². The van der Waals surface area contributed by atoms with Crippen molar-refractivity contribution in [2.75, 3.05) is 25.1 Å². The van der Waals surface area contributed by atoms with Crippen molar-refractivity contribution in [2.45, 2.75) is 53.9 Å². The highest BCUT2D eigenvalue weighted by molar-refractivity contribution is 5.46. The van der Waals surface area contributed by atoms with Crippen molar-refractivity contribution < 1.29 is 9.47 Å². The van der Waals surface area contributed by atoms with Crippen LogP contribution in [0.1, 0.15) is 51.2 Å². The van der Waals surface area contributed by atoms with Gasteiger partial charge in [0.25, 0.3) is 0 Å². The highest BCUT2D eigenvalue weighted by Gasteiger charge is 2.17. The molecule has 0 aliphatic rings. The fourth-order valence-corrected chi connectivity index (χ4v) is 2.91. The maximum absolute atomic E-state index is 5.99. The molecule has 0 saturated heterocycles. The van der Waals surface area contributed by atoms with E-state index in [1.165, 1.54) is 11.1 Å². The van der Waals surface area contributed by atoms with Crippen molar-refractivity contribution >= 4 is 5.69 Å². The first kappa shape index (κ1) is 21.1. The Labute approximate surface area is 165 Å². The minimum Gasteiger partial charge on any atom is -0.494 e. The van der Waals surface area contributed by atoms with Crippen LogP contribution in [0.15, 0.2) is 42.5 Å². The Morgan fingerprint density at radius 2 is 1.67 bits per heavy atom. The third kappa shape index (κ3) is 7.54. The van der Waals surface area contributed by atoms with E-state index < -0.39 is 0 Å². The van der Waals surface area contributed by atoms with E-state index in [2.05, 4.69) is 70.3 Å². The van der Waals surface area contributed by atoms with Crippen LogP contribution in [-0.4, -0.2) is 19.8 Å². The van der Waals surface area contributed by atoms with E-state index in [1.807, 2.05) is 12.1 Å². The van der Waals surface area contributed by atoms with Crippen LogP contribution in [-0.2, 0) is 0 Å². The molecule has 0 radical (unpaired) electrons. The van der Waals surface area contributed by atoms with Crippen molar-refractivity contribution in [3.63, 3.8) is 0 Å². The number of benzene rings is 2. The number of nitrogens with one attached hydrogen (secondary N) is 1. The lowest BCUT2D eigenvalue weighted by atomic mass is 9.88. The first-order chi connectivity index (χ1) is 12.9. The maximum atomic E-state index is 5.99. The Morgan fingerprint density at radius 1 is 0.926 bits per heavy atom. The molecule has 0 bridgehead atoms. The predicted molar refractivity (Wildman–Crippen MR) is 115 cm³/mol. The van der Waals surface area contributed by atoms with Gasteiger partial charge in [0.05, 0.1) is 13.2 Å². The van der Waals surface area contributed by atoms with E-state index in [0.29, 0.717) is 0 Å². The van der Waals surface area contributed by atoms with E-state index in [4.69, 9.17) is 9.47 Å². The fourth-order valence-electron chi connectivity index (χ4n) is 2.91. The lowest BCUT2D eigenvalue weighted by Crippen LogP contribution is -2.23. The predicted octanol–water partition coefficient (Wildman–Crippen LogP) is 6.39. The molecule has 2 aromatic carbocycles. The van der Waals surface area contributed by atoms with Crippen molar-refractivity contribution in [3.05, 3.63) is 53.6 Å². The van der Waals surface area contributed by atoms with Gasteiger partial charge in [-0.25, -0.2) is 0 Å². The molecule has 3 nitrogen and oxygen atoms in total. The minimum atomic E-state index is 0.211. The lowest BCUT2D eigenvalue weighted by molar-refractivity contribution is 0.263. The molecule has 148 valence electrons. The zero-order valence-electron chi connectivity index (χ0n) is 17.6. The Bertz CT molecular complexity index is 692. The van der Waals surface area contributed by atoms with Crippen LogP contribution in [0.5, 0.6) is 11.5 Å². The molecular weight excluding hydrogens is 334 g/mol. The quantitative estimate of drug-likeness (QED) is 0.466. The van der Waals surface area contributed by atoms with Crippen molar-refractivity contribution in [3.8, 4) is 11.5 Å². The Kier molecular flexibility index (Phi) is 8.02. The van der Waals surface area contributed by atoms with Gasteiger partial charge in [0.2, 0.25) is 0 Å². The molecule has 0 aliphatic heterocycles. The number of aryl methyl sites for hydroxylation is 2. The van der Waals surface area contributed by atoms with Crippen LogP contribution < -0.4 is 14.8 Å². The molecule has 0 amide bonds. The minimum absolute atomic E-state index is 0.211. The Balaban J connectivity index is 1.72. The van der Waals surface area contributed by atoms with Crippen LogP contribution in [0.25, 0.3) is 0 Å². The average molecular weight is 370 g/mol. The van der Waals surface area contributed by atoms with Gasteiger partial charge in [0.1, 0.15) is 11.5 Å². The van der Waals surface area contributed by atoms with E-state index in [9.17, 15) is 0 Å². The number of anilines is 1. The zero-order chi connectivity index (χ0) is 19.7. The summed E-state index contributed by atoms with van der Waals surface area (Å²) < 4.78 is 11.6. The summed E-state index contributed by atoms with van der Waals surface area (Å²) in [6.07, 6.45) is 3.19. The van der Waals surface area contributed by atoms with Gasteiger partial charge in [0.15, 0.2) is 0 Å². The largest absolute Gasteiger partial charge is 0.494 e. The van der Waals surface area contributed by atoms with Crippen molar-refractivity contribution in [2.24, 2.45) is 5.41 Å². The first-order valence-corrected chi connectivity index (χ1v) is 10.1. The average Bonchev–Trinajstić information content (AvgIpc) is 2.65. The molecule has 0 saturated carbocycles. The second kappa shape index (κ2) is 10.2. The van der Waals surface area contributed by atoms with E-state index in [0.717, 1.165) is 56.2 Å². The molecule has 0 unspecified atom stereocenters. The van der Waals surface area contributed by atoms with Gasteiger partial charge in [0, 0.05) is 12.2 Å². The van der Waals surface area contributed by atoms with Gasteiger partial charge >= 0.3 is 0 Å². The second-order valence-electron chi connectivity index (χ2n) is 8.11. The molecule has 0 heterocycles. The summed E-state index contributed by atoms with van der Waals surface area (Å²) in [5, 5.41) is 3.55. The van der Waals surface area contributed by atoms with Crippen LogP contribution in [0.3, 0.4) is 0 Å². The van der Waals surface area contributed by atoms with Crippen LogP contribution in [0.2, 0.25) is 0 Å². The number of hydrogen-bond acceptors (Lipinski definition) is 3. The highest BCUT2D eigenvalue weighted by Crippen LogP contribution is 2.25. The molecular formula is C24H35NO2. The van der Waals surface area contributed by atoms with Gasteiger partial charge in [-0.05, 0) is 80.0 Å². The number of rotatable bonds is 11. The molecule has 2 aromatic rings. The SMILES string of the molecule is CCCOc1ccc(NCC(C)(C)CCCOc2cc(C)ccc2C)cc1. The lowest BCUT2D eigenvalue weighted by Gasteiger charge is -2.25. The summed E-state index contributed by atoms with van der Waals surface area (Å²) in [7, 11) is 0. The van der Waals surface area contributed by atoms with E-state index in [-0.39, 0.29) is 5.41 Å². The highest BCUT2D eigenvalue weighted by atomic mass is 16.5. The smallest absolute Gasteiger partial charge is 0.122 e.